The summed E-state index contributed by atoms with van der Waals surface area (Å²) in [5.74, 6) is 0.682. The van der Waals surface area contributed by atoms with E-state index in [9.17, 15) is 14.4 Å². The minimum Gasteiger partial charge on any atom is -0.326 e. The summed E-state index contributed by atoms with van der Waals surface area (Å²) in [6.45, 7) is 3.79. The Hall–Kier alpha value is -2.21. The van der Waals surface area contributed by atoms with Gasteiger partial charge in [0, 0.05) is 43.2 Å². The molecule has 0 unspecified atom stereocenters. The molecule has 3 rings (SSSR count). The predicted octanol–water partition coefficient (Wildman–Crippen LogP) is 2.42. The van der Waals surface area contributed by atoms with E-state index in [1.807, 2.05) is 6.92 Å². The van der Waals surface area contributed by atoms with Crippen molar-refractivity contribution in [1.82, 2.24) is 4.90 Å². The lowest BCUT2D eigenvalue weighted by molar-refractivity contribution is -0.129. The molecule has 2 amide bonds. The van der Waals surface area contributed by atoms with Crippen LogP contribution >= 0.6 is 0 Å². The molecule has 0 bridgehead atoms. The summed E-state index contributed by atoms with van der Waals surface area (Å²) in [5.41, 5.74) is 1.39. The number of benzene rings is 1. The summed E-state index contributed by atoms with van der Waals surface area (Å²) in [7, 11) is 0. The lowest BCUT2D eigenvalue weighted by Gasteiger charge is -2.39. The highest BCUT2D eigenvalue weighted by atomic mass is 16.2. The van der Waals surface area contributed by atoms with E-state index in [0.717, 1.165) is 12.8 Å². The molecule has 134 valence electrons. The third-order valence-corrected chi connectivity index (χ3v) is 4.93. The van der Waals surface area contributed by atoms with Crippen LogP contribution in [0.5, 0.6) is 0 Å². The predicted molar refractivity (Wildman–Crippen MR) is 96.3 cm³/mol. The smallest absolute Gasteiger partial charge is 0.238 e. The molecule has 25 heavy (non-hydrogen) atoms. The molecule has 2 N–H and O–H groups in total. The normalized spacial score (nSPS) is 24.0. The molecule has 2 aliphatic rings. The van der Waals surface area contributed by atoms with Crippen molar-refractivity contribution in [1.29, 1.82) is 0 Å². The monoisotopic (exact) mass is 343 g/mol. The summed E-state index contributed by atoms with van der Waals surface area (Å²) < 4.78 is 0. The molecule has 1 saturated heterocycles. The topological polar surface area (TPSA) is 78.5 Å². The van der Waals surface area contributed by atoms with Crippen LogP contribution in [0.3, 0.4) is 0 Å². The van der Waals surface area contributed by atoms with E-state index in [4.69, 9.17) is 0 Å². The molecule has 0 radical (unpaired) electrons. The van der Waals surface area contributed by atoms with E-state index in [-0.39, 0.29) is 23.9 Å². The fraction of sp³-hybridized carbons (Fsp3) is 0.526. The van der Waals surface area contributed by atoms with E-state index >= 15 is 0 Å². The molecule has 6 heteroatoms. The maximum absolute atomic E-state index is 12.5. The average molecular weight is 343 g/mol. The fourth-order valence-corrected chi connectivity index (χ4v) is 3.61. The molecular weight excluding hydrogens is 318 g/mol. The molecule has 1 saturated carbocycles. The molecule has 1 aromatic carbocycles. The van der Waals surface area contributed by atoms with Crippen LogP contribution in [-0.4, -0.2) is 41.1 Å². The number of ketones is 1. The van der Waals surface area contributed by atoms with Gasteiger partial charge in [-0.1, -0.05) is 0 Å². The Bertz CT molecular complexity index is 667. The van der Waals surface area contributed by atoms with Crippen molar-refractivity contribution >= 4 is 29.0 Å². The van der Waals surface area contributed by atoms with Crippen LogP contribution in [0.15, 0.2) is 24.3 Å². The van der Waals surface area contributed by atoms with Crippen LogP contribution < -0.4 is 10.6 Å². The summed E-state index contributed by atoms with van der Waals surface area (Å²) in [4.78, 5) is 37.6. The van der Waals surface area contributed by atoms with E-state index in [0.29, 0.717) is 42.5 Å². The van der Waals surface area contributed by atoms with Gasteiger partial charge < -0.3 is 10.6 Å². The van der Waals surface area contributed by atoms with Crippen molar-refractivity contribution in [2.75, 3.05) is 17.2 Å². The van der Waals surface area contributed by atoms with Crippen molar-refractivity contribution in [2.45, 2.75) is 51.6 Å². The number of carbonyl (C=O) groups is 3. The Morgan fingerprint density at radius 1 is 1.08 bits per heavy atom. The van der Waals surface area contributed by atoms with Crippen LogP contribution in [0.2, 0.25) is 0 Å². The number of rotatable bonds is 5. The van der Waals surface area contributed by atoms with E-state index in [1.165, 1.54) is 6.92 Å². The Kier molecular flexibility index (Phi) is 5.18. The van der Waals surface area contributed by atoms with Gasteiger partial charge in [0.1, 0.15) is 5.78 Å². The molecule has 1 aliphatic heterocycles. The van der Waals surface area contributed by atoms with Crippen LogP contribution in [-0.2, 0) is 14.4 Å². The van der Waals surface area contributed by atoms with Crippen LogP contribution in [0, 0.1) is 5.92 Å². The number of nitrogens with one attached hydrogen (secondary N) is 2. The minimum atomic E-state index is -0.128. The first-order valence-electron chi connectivity index (χ1n) is 8.87. The van der Waals surface area contributed by atoms with Gasteiger partial charge in [-0.2, -0.15) is 0 Å². The van der Waals surface area contributed by atoms with Crippen molar-refractivity contribution in [3.05, 3.63) is 24.3 Å². The summed E-state index contributed by atoms with van der Waals surface area (Å²) in [6.07, 6.45) is 3.43. The number of amides is 2. The zero-order chi connectivity index (χ0) is 18.0. The second-order valence-corrected chi connectivity index (χ2v) is 7.18. The maximum Gasteiger partial charge on any atom is 0.238 e. The maximum atomic E-state index is 12.5. The quantitative estimate of drug-likeness (QED) is 0.861. The van der Waals surface area contributed by atoms with Crippen molar-refractivity contribution in [3.8, 4) is 0 Å². The van der Waals surface area contributed by atoms with Crippen LogP contribution in [0.25, 0.3) is 0 Å². The molecular formula is C19H25N3O3. The number of likely N-dealkylation sites (tertiary alicyclic amines) is 1. The molecule has 1 aromatic rings. The van der Waals surface area contributed by atoms with Crippen LogP contribution in [0.1, 0.15) is 39.5 Å². The van der Waals surface area contributed by atoms with Gasteiger partial charge in [-0.05, 0) is 49.9 Å². The second kappa shape index (κ2) is 7.35. The molecule has 0 aromatic heterocycles. The number of hydrogen-bond donors (Lipinski definition) is 2. The zero-order valence-electron chi connectivity index (χ0n) is 14.7. The van der Waals surface area contributed by atoms with Gasteiger partial charge in [0.15, 0.2) is 0 Å². The van der Waals surface area contributed by atoms with Gasteiger partial charge in [0.2, 0.25) is 11.8 Å². The summed E-state index contributed by atoms with van der Waals surface area (Å²) in [6, 6.07) is 7.37. The first kappa shape index (κ1) is 17.6. The lowest BCUT2D eigenvalue weighted by Crippen LogP contribution is -2.52. The van der Waals surface area contributed by atoms with Crippen molar-refractivity contribution in [3.63, 3.8) is 0 Å². The Morgan fingerprint density at radius 3 is 2.24 bits per heavy atom. The largest absolute Gasteiger partial charge is 0.326 e. The number of Topliss-reactive ketones (excluding diaryl/α,β-unsaturated/α-hetero) is 1. The highest BCUT2D eigenvalue weighted by Gasteiger charge is 2.42. The highest BCUT2D eigenvalue weighted by molar-refractivity contribution is 5.93. The number of carbonyl (C=O) groups excluding carboxylic acids is 3. The minimum absolute atomic E-state index is 0.0703. The summed E-state index contributed by atoms with van der Waals surface area (Å²) in [5, 5.41) is 5.60. The average Bonchev–Trinajstić information content (AvgIpc) is 3.36. The Morgan fingerprint density at radius 2 is 1.68 bits per heavy atom. The second-order valence-electron chi connectivity index (χ2n) is 7.18. The van der Waals surface area contributed by atoms with Gasteiger partial charge in [-0.25, -0.2) is 0 Å². The first-order valence-corrected chi connectivity index (χ1v) is 8.87. The third-order valence-electron chi connectivity index (χ3n) is 4.93. The molecule has 6 nitrogen and oxygen atoms in total. The number of piperidine rings is 1. The third kappa shape index (κ3) is 4.66. The molecule has 0 spiro atoms. The van der Waals surface area contributed by atoms with E-state index < -0.39 is 0 Å². The van der Waals surface area contributed by atoms with Crippen molar-refractivity contribution in [2.24, 2.45) is 5.92 Å². The molecule has 1 aliphatic carbocycles. The van der Waals surface area contributed by atoms with E-state index in [1.54, 1.807) is 24.3 Å². The van der Waals surface area contributed by atoms with Crippen LogP contribution in [0.4, 0.5) is 11.4 Å². The number of nitrogens with zero attached hydrogens (tertiary/aromatic N) is 1. The Labute approximate surface area is 148 Å². The molecule has 1 heterocycles. The fourth-order valence-electron chi connectivity index (χ4n) is 3.61. The van der Waals surface area contributed by atoms with E-state index in [2.05, 4.69) is 15.5 Å². The zero-order valence-corrected chi connectivity index (χ0v) is 14.7. The number of hydrogen-bond acceptors (Lipinski definition) is 4. The summed E-state index contributed by atoms with van der Waals surface area (Å²) >= 11 is 0. The highest BCUT2D eigenvalue weighted by Crippen LogP contribution is 2.40. The van der Waals surface area contributed by atoms with Crippen molar-refractivity contribution < 1.29 is 14.4 Å². The van der Waals surface area contributed by atoms with Gasteiger partial charge in [-0.3, -0.25) is 19.3 Å². The lowest BCUT2D eigenvalue weighted by atomic mass is 9.92. The molecule has 2 atom stereocenters. The number of anilines is 2. The van der Waals surface area contributed by atoms with Gasteiger partial charge in [0.05, 0.1) is 6.54 Å². The first-order chi connectivity index (χ1) is 11.9. The van der Waals surface area contributed by atoms with Gasteiger partial charge in [0.25, 0.3) is 0 Å². The van der Waals surface area contributed by atoms with Gasteiger partial charge >= 0.3 is 0 Å². The Balaban J connectivity index is 1.59. The van der Waals surface area contributed by atoms with Gasteiger partial charge in [-0.15, -0.1) is 0 Å². The standard InChI is InChI=1S/C19H25N3O3/c1-12-9-17(24)10-18(14-3-4-14)22(12)11-19(25)21-16-7-5-15(6-8-16)20-13(2)23/h5-8,12,14,18H,3-4,9-11H2,1-2H3,(H,20,23)(H,21,25)/t12-,18-/m0/s1. The molecule has 2 fully saturated rings. The SMILES string of the molecule is CC(=O)Nc1ccc(NC(=O)CN2[C@@H](C)CC(=O)C[C@H]2C2CC2)cc1.